The number of carbonyl (C=O) groups excluding carboxylic acids is 1. The third-order valence-corrected chi connectivity index (χ3v) is 6.59. The number of aryl methyl sites for hydroxylation is 1. The summed E-state index contributed by atoms with van der Waals surface area (Å²) in [6.45, 7) is 1.86. The molecule has 0 saturated carbocycles. The average molecular weight is 446 g/mol. The van der Waals surface area contributed by atoms with E-state index < -0.39 is 15.9 Å². The number of rotatable bonds is 5. The van der Waals surface area contributed by atoms with E-state index >= 15 is 0 Å². The minimum absolute atomic E-state index is 0.0308. The quantitative estimate of drug-likeness (QED) is 0.470. The Morgan fingerprint density at radius 1 is 0.897 bits per heavy atom. The average Bonchev–Trinajstić information content (AvgIpc) is 2.70. The highest BCUT2D eigenvalue weighted by Gasteiger charge is 2.29. The normalized spacial score (nSPS) is 11.6. The number of sulfonamides is 1. The van der Waals surface area contributed by atoms with Crippen LogP contribution in [-0.2, 0) is 14.8 Å². The van der Waals surface area contributed by atoms with Crippen LogP contribution in [-0.4, -0.2) is 14.3 Å². The van der Waals surface area contributed by atoms with Crippen LogP contribution in [0.25, 0.3) is 6.08 Å². The predicted octanol–water partition coefficient (Wildman–Crippen LogP) is 5.74. The van der Waals surface area contributed by atoms with Crippen molar-refractivity contribution in [2.75, 3.05) is 4.31 Å². The molecule has 148 valence electrons. The van der Waals surface area contributed by atoms with Gasteiger partial charge in [-0.1, -0.05) is 65.2 Å². The Morgan fingerprint density at radius 3 is 2.17 bits per heavy atom. The topological polar surface area (TPSA) is 54.5 Å². The number of hydrogen-bond acceptors (Lipinski definition) is 3. The molecule has 0 spiro atoms. The molecule has 0 N–H and O–H groups in total. The van der Waals surface area contributed by atoms with E-state index in [0.717, 1.165) is 9.87 Å². The minimum Gasteiger partial charge on any atom is -0.268 e. The summed E-state index contributed by atoms with van der Waals surface area (Å²) in [5.74, 6) is -0.706. The van der Waals surface area contributed by atoms with Crippen LogP contribution in [0.1, 0.15) is 11.1 Å². The SMILES string of the molecule is Cc1ccc(S(=O)(=O)N(C(=O)/C=C/c2ccc(Cl)c(Cl)c2)c2ccccc2)cc1. The van der Waals surface area contributed by atoms with E-state index in [0.29, 0.717) is 15.6 Å². The zero-order chi connectivity index (χ0) is 21.0. The summed E-state index contributed by atoms with van der Waals surface area (Å²) in [5.41, 5.74) is 1.78. The number of nitrogens with zero attached hydrogens (tertiary/aromatic N) is 1. The monoisotopic (exact) mass is 445 g/mol. The molecule has 0 unspecified atom stereocenters. The fraction of sp³-hybridized carbons (Fsp3) is 0.0455. The number of halogens is 2. The Bertz CT molecular complexity index is 1160. The number of carbonyl (C=O) groups is 1. The highest BCUT2D eigenvalue weighted by atomic mass is 35.5. The molecule has 4 nitrogen and oxygen atoms in total. The number of anilines is 1. The molecule has 0 radical (unpaired) electrons. The summed E-state index contributed by atoms with van der Waals surface area (Å²) in [6.07, 6.45) is 2.68. The summed E-state index contributed by atoms with van der Waals surface area (Å²) < 4.78 is 27.2. The van der Waals surface area contributed by atoms with E-state index in [1.165, 1.54) is 24.3 Å². The van der Waals surface area contributed by atoms with Crippen molar-refractivity contribution >= 4 is 50.9 Å². The fourth-order valence-corrected chi connectivity index (χ4v) is 4.31. The molecule has 0 aliphatic carbocycles. The molecule has 3 aromatic carbocycles. The number of amides is 1. The molecule has 1 amide bonds. The molecular formula is C22H17Cl2NO3S. The van der Waals surface area contributed by atoms with Crippen molar-refractivity contribution in [2.45, 2.75) is 11.8 Å². The summed E-state index contributed by atoms with van der Waals surface area (Å²) in [7, 11) is -4.10. The molecule has 7 heteroatoms. The second-order valence-corrected chi connectivity index (χ2v) is 8.86. The van der Waals surface area contributed by atoms with E-state index in [9.17, 15) is 13.2 Å². The van der Waals surface area contributed by atoms with Gasteiger partial charge in [-0.05, 0) is 55.0 Å². The van der Waals surface area contributed by atoms with Gasteiger partial charge in [-0.2, -0.15) is 4.31 Å². The molecule has 0 aliphatic heterocycles. The van der Waals surface area contributed by atoms with E-state index in [-0.39, 0.29) is 10.6 Å². The van der Waals surface area contributed by atoms with Gasteiger partial charge in [-0.3, -0.25) is 4.79 Å². The van der Waals surface area contributed by atoms with Gasteiger partial charge in [0.2, 0.25) is 0 Å². The number of hydrogen-bond donors (Lipinski definition) is 0. The van der Waals surface area contributed by atoms with Gasteiger partial charge in [0.25, 0.3) is 15.9 Å². The lowest BCUT2D eigenvalue weighted by molar-refractivity contribution is -0.113. The molecule has 0 bridgehead atoms. The first-order valence-electron chi connectivity index (χ1n) is 8.63. The van der Waals surface area contributed by atoms with Crippen molar-refractivity contribution < 1.29 is 13.2 Å². The van der Waals surface area contributed by atoms with E-state index in [1.54, 1.807) is 60.7 Å². The Kier molecular flexibility index (Phi) is 6.42. The summed E-state index contributed by atoms with van der Waals surface area (Å²) in [6, 6.07) is 19.4. The largest absolute Gasteiger partial charge is 0.271 e. The molecule has 0 fully saturated rings. The van der Waals surface area contributed by atoms with Crippen molar-refractivity contribution in [2.24, 2.45) is 0 Å². The Labute approximate surface area is 180 Å². The second-order valence-electron chi connectivity index (χ2n) is 6.26. The van der Waals surface area contributed by atoms with Crippen molar-refractivity contribution in [1.82, 2.24) is 0 Å². The van der Waals surface area contributed by atoms with Gasteiger partial charge < -0.3 is 0 Å². The van der Waals surface area contributed by atoms with Gasteiger partial charge in [-0.15, -0.1) is 0 Å². The summed E-state index contributed by atoms with van der Waals surface area (Å²) >= 11 is 11.9. The lowest BCUT2D eigenvalue weighted by atomic mass is 10.2. The maximum atomic E-state index is 13.2. The highest BCUT2D eigenvalue weighted by molar-refractivity contribution is 7.93. The van der Waals surface area contributed by atoms with Crippen LogP contribution in [0.4, 0.5) is 5.69 Å². The maximum Gasteiger partial charge on any atom is 0.271 e. The highest BCUT2D eigenvalue weighted by Crippen LogP contribution is 2.26. The van der Waals surface area contributed by atoms with Crippen LogP contribution in [0.2, 0.25) is 10.0 Å². The zero-order valence-electron chi connectivity index (χ0n) is 15.4. The molecule has 0 heterocycles. The molecule has 0 atom stereocenters. The number of benzene rings is 3. The van der Waals surface area contributed by atoms with Gasteiger partial charge in [0, 0.05) is 6.08 Å². The third-order valence-electron chi connectivity index (χ3n) is 4.11. The Balaban J connectivity index is 2.01. The molecular weight excluding hydrogens is 429 g/mol. The van der Waals surface area contributed by atoms with E-state index in [1.807, 2.05) is 6.92 Å². The first-order valence-corrected chi connectivity index (χ1v) is 10.8. The summed E-state index contributed by atoms with van der Waals surface area (Å²) in [4.78, 5) is 13.0. The van der Waals surface area contributed by atoms with Gasteiger partial charge in [0.1, 0.15) is 0 Å². The number of para-hydroxylation sites is 1. The van der Waals surface area contributed by atoms with Crippen LogP contribution in [0.5, 0.6) is 0 Å². The van der Waals surface area contributed by atoms with Gasteiger partial charge in [-0.25, -0.2) is 8.42 Å². The fourth-order valence-electron chi connectivity index (χ4n) is 2.61. The standard InChI is InChI=1S/C22H17Cl2NO3S/c1-16-7-11-19(12-8-16)29(27,28)25(18-5-3-2-4-6-18)22(26)14-10-17-9-13-20(23)21(24)15-17/h2-15H,1H3/b14-10+. The smallest absolute Gasteiger partial charge is 0.268 e. The van der Waals surface area contributed by atoms with E-state index in [4.69, 9.17) is 23.2 Å². The van der Waals surface area contributed by atoms with Crippen molar-refractivity contribution in [3.8, 4) is 0 Å². The van der Waals surface area contributed by atoms with Crippen molar-refractivity contribution in [1.29, 1.82) is 0 Å². The second kappa shape index (κ2) is 8.82. The molecule has 29 heavy (non-hydrogen) atoms. The Hall–Kier alpha value is -2.60. The molecule has 3 rings (SSSR count). The van der Waals surface area contributed by atoms with Gasteiger partial charge in [0.05, 0.1) is 20.6 Å². The third kappa shape index (κ3) is 4.88. The lowest BCUT2D eigenvalue weighted by Gasteiger charge is -2.21. The lowest BCUT2D eigenvalue weighted by Crippen LogP contribution is -2.35. The maximum absolute atomic E-state index is 13.2. The van der Waals surface area contributed by atoms with Crippen LogP contribution < -0.4 is 4.31 Å². The van der Waals surface area contributed by atoms with Crippen LogP contribution in [0.3, 0.4) is 0 Å². The van der Waals surface area contributed by atoms with Crippen molar-refractivity contribution in [3.63, 3.8) is 0 Å². The first-order chi connectivity index (χ1) is 13.8. The Morgan fingerprint density at radius 2 is 1.55 bits per heavy atom. The molecule has 0 aromatic heterocycles. The van der Waals surface area contributed by atoms with Crippen molar-refractivity contribution in [3.05, 3.63) is 100 Å². The van der Waals surface area contributed by atoms with Crippen LogP contribution in [0.15, 0.2) is 83.8 Å². The summed E-state index contributed by atoms with van der Waals surface area (Å²) in [5, 5.41) is 0.733. The first kappa shape index (κ1) is 21.1. The predicted molar refractivity (Wildman–Crippen MR) is 118 cm³/mol. The van der Waals surface area contributed by atoms with E-state index in [2.05, 4.69) is 0 Å². The van der Waals surface area contributed by atoms with Gasteiger partial charge in [0.15, 0.2) is 0 Å². The molecule has 0 saturated heterocycles. The molecule has 3 aromatic rings. The molecule has 0 aliphatic rings. The minimum atomic E-state index is -4.10. The van der Waals surface area contributed by atoms with Crippen LogP contribution in [0, 0.1) is 6.92 Å². The zero-order valence-corrected chi connectivity index (χ0v) is 17.7. The van der Waals surface area contributed by atoms with Gasteiger partial charge >= 0.3 is 0 Å². The van der Waals surface area contributed by atoms with Crippen LogP contribution >= 0.6 is 23.2 Å².